The van der Waals surface area contributed by atoms with Gasteiger partial charge in [0.2, 0.25) is 0 Å². The average Bonchev–Trinajstić information content (AvgIpc) is 3.87. The number of hydrogen-bond acceptors (Lipinski definition) is 6. The molecule has 0 radical (unpaired) electrons. The van der Waals surface area contributed by atoms with Crippen LogP contribution in [0.15, 0.2) is 149 Å². The molecule has 1 aromatic heterocycles. The third-order valence-corrected chi connectivity index (χ3v) is 16.1. The van der Waals surface area contributed by atoms with E-state index >= 15 is 0 Å². The fourth-order valence-electron chi connectivity index (χ4n) is 9.47. The Morgan fingerprint density at radius 1 is 0.845 bits per heavy atom. The number of allylic oxidation sites excluding steroid dienone is 2. The number of hydrogen-bond donors (Lipinski definition) is 2. The number of aliphatic hydroxyl groups is 2. The summed E-state index contributed by atoms with van der Waals surface area (Å²) >= 11 is 1.18. The largest absolute Gasteiger partial charge is 0.393 e. The minimum Gasteiger partial charge on any atom is -0.393 e. The highest BCUT2D eigenvalue weighted by Crippen LogP contribution is 2.59. The van der Waals surface area contributed by atoms with E-state index < -0.39 is 27.1 Å². The summed E-state index contributed by atoms with van der Waals surface area (Å²) in [4.78, 5) is 14.7. The number of fused-ring (bicyclic) bond motifs is 9. The van der Waals surface area contributed by atoms with Crippen LogP contribution in [-0.2, 0) is 23.0 Å². The average molecular weight is 810 g/mol. The summed E-state index contributed by atoms with van der Waals surface area (Å²) in [6, 6.07) is 41.1. The number of sulfonamides is 1. The smallest absolute Gasteiger partial charge is 0.252 e. The fraction of sp³-hybridized carbons (Fsp3) is 0.300. The zero-order chi connectivity index (χ0) is 40.5. The summed E-state index contributed by atoms with van der Waals surface area (Å²) in [7, 11) is -4.01. The quantitative estimate of drug-likeness (QED) is 0.112. The standard InChI is InChI=1S/C50H51NO5S2/c1-35-11-9-28-49(2)46(27-29-50(49,54)34-51(58(55,56)47-18-10-30-57-47)33-41-16-8-15-39-14-6-7-17-43(39)41)44-26-20-36(31-42(52)25-19-35)32-45(44)48(53)40-23-21-38(22-24-40)37-12-4-3-5-13-37/h3-8,10-18,20-24,26,30,32,42,46,52,54H,9,19,25,27-29,31,33-34H2,1-2H3/t42-,46-,49-,50+/m0/s1. The number of aliphatic hydroxyl groups excluding tert-OH is 1. The van der Waals surface area contributed by atoms with Crippen molar-refractivity contribution in [1.29, 1.82) is 0 Å². The molecule has 0 unspecified atom stereocenters. The Hall–Kier alpha value is -4.70. The molecular formula is C50H51NO5S2. The monoisotopic (exact) mass is 809 g/mol. The van der Waals surface area contributed by atoms with E-state index in [1.807, 2.05) is 115 Å². The fourth-order valence-corrected chi connectivity index (χ4v) is 12.1. The van der Waals surface area contributed by atoms with Crippen molar-refractivity contribution < 1.29 is 23.4 Å². The molecule has 6 aromatic rings. The third-order valence-electron chi connectivity index (χ3n) is 12.9. The van der Waals surface area contributed by atoms with Crippen LogP contribution in [0, 0.1) is 5.41 Å². The van der Waals surface area contributed by atoms with Gasteiger partial charge in [0.05, 0.1) is 11.7 Å². The van der Waals surface area contributed by atoms with Gasteiger partial charge < -0.3 is 10.2 Å². The van der Waals surface area contributed by atoms with Crippen LogP contribution in [-0.4, -0.2) is 47.0 Å². The Balaban J connectivity index is 1.22. The second-order valence-corrected chi connectivity index (χ2v) is 19.7. The van der Waals surface area contributed by atoms with E-state index in [0.29, 0.717) is 49.7 Å². The van der Waals surface area contributed by atoms with E-state index in [0.717, 1.165) is 45.0 Å². The second kappa shape index (κ2) is 16.5. The molecule has 58 heavy (non-hydrogen) atoms. The van der Waals surface area contributed by atoms with Crippen molar-refractivity contribution >= 4 is 37.9 Å². The summed E-state index contributed by atoms with van der Waals surface area (Å²) in [5, 5.41) is 28.1. The van der Waals surface area contributed by atoms with Gasteiger partial charge >= 0.3 is 0 Å². The van der Waals surface area contributed by atoms with Crippen molar-refractivity contribution in [2.45, 2.75) is 87.2 Å². The molecule has 8 heteroatoms. The van der Waals surface area contributed by atoms with Crippen LogP contribution in [0.1, 0.15) is 90.9 Å². The number of carbonyl (C=O) groups excluding carboxylic acids is 1. The summed E-state index contributed by atoms with van der Waals surface area (Å²) in [6.07, 6.45) is 5.60. The Kier molecular flexibility index (Phi) is 11.4. The summed E-state index contributed by atoms with van der Waals surface area (Å²) < 4.78 is 31.0. The van der Waals surface area contributed by atoms with E-state index in [-0.39, 0.29) is 29.0 Å². The van der Waals surface area contributed by atoms with E-state index in [2.05, 4.69) is 19.9 Å². The minimum atomic E-state index is -4.01. The summed E-state index contributed by atoms with van der Waals surface area (Å²) in [5.41, 5.74) is 4.77. The highest BCUT2D eigenvalue weighted by molar-refractivity contribution is 7.91. The minimum absolute atomic E-state index is 0.0966. The maximum atomic E-state index is 14.7. The predicted octanol–water partition coefficient (Wildman–Crippen LogP) is 10.7. The van der Waals surface area contributed by atoms with Gasteiger partial charge in [-0.25, -0.2) is 8.42 Å². The Morgan fingerprint density at radius 3 is 2.36 bits per heavy atom. The molecule has 6 nitrogen and oxygen atoms in total. The first kappa shape index (κ1) is 40.1. The summed E-state index contributed by atoms with van der Waals surface area (Å²) in [5.74, 6) is -0.357. The number of carbonyl (C=O) groups is 1. The molecule has 0 aliphatic heterocycles. The maximum Gasteiger partial charge on any atom is 0.252 e. The number of ketones is 1. The van der Waals surface area contributed by atoms with E-state index in [9.17, 15) is 23.4 Å². The lowest BCUT2D eigenvalue weighted by molar-refractivity contribution is -0.0731. The molecule has 9 rings (SSSR count). The van der Waals surface area contributed by atoms with Gasteiger partial charge in [-0.05, 0) is 114 Å². The van der Waals surface area contributed by atoms with E-state index in [1.54, 1.807) is 17.5 Å². The van der Waals surface area contributed by atoms with Crippen LogP contribution in [0.25, 0.3) is 21.9 Å². The van der Waals surface area contributed by atoms with Crippen molar-refractivity contribution in [3.8, 4) is 11.1 Å². The van der Waals surface area contributed by atoms with Gasteiger partial charge in [-0.3, -0.25) is 4.79 Å². The van der Waals surface area contributed by atoms with Crippen LogP contribution < -0.4 is 0 Å². The molecule has 1 saturated carbocycles. The van der Waals surface area contributed by atoms with Crippen molar-refractivity contribution in [3.63, 3.8) is 0 Å². The third kappa shape index (κ3) is 7.88. The van der Waals surface area contributed by atoms with Crippen LogP contribution in [0.5, 0.6) is 0 Å². The molecule has 298 valence electrons. The van der Waals surface area contributed by atoms with Gasteiger partial charge in [0.25, 0.3) is 10.0 Å². The molecule has 1 fully saturated rings. The molecule has 2 bridgehead atoms. The van der Waals surface area contributed by atoms with Crippen LogP contribution in [0.4, 0.5) is 0 Å². The maximum absolute atomic E-state index is 14.7. The predicted molar refractivity (Wildman–Crippen MR) is 235 cm³/mol. The van der Waals surface area contributed by atoms with Gasteiger partial charge in [0, 0.05) is 29.6 Å². The molecule has 0 amide bonds. The normalized spacial score (nSPS) is 22.7. The lowest BCUT2D eigenvalue weighted by Gasteiger charge is -2.46. The van der Waals surface area contributed by atoms with Crippen LogP contribution in [0.3, 0.4) is 0 Å². The molecule has 3 aliphatic carbocycles. The van der Waals surface area contributed by atoms with Gasteiger partial charge in [0.15, 0.2) is 5.78 Å². The molecule has 0 spiro atoms. The number of nitrogens with zero attached hydrogens (tertiary/aromatic N) is 1. The highest BCUT2D eigenvalue weighted by atomic mass is 32.2. The van der Waals surface area contributed by atoms with Crippen molar-refractivity contribution in [1.82, 2.24) is 4.31 Å². The van der Waals surface area contributed by atoms with E-state index in [1.165, 1.54) is 21.2 Å². The lowest BCUT2D eigenvalue weighted by atomic mass is 9.64. The lowest BCUT2D eigenvalue weighted by Crippen LogP contribution is -2.53. The molecule has 4 atom stereocenters. The zero-order valence-corrected chi connectivity index (χ0v) is 34.8. The molecule has 5 aromatic carbocycles. The van der Waals surface area contributed by atoms with E-state index in [4.69, 9.17) is 0 Å². The Bertz CT molecular complexity index is 2540. The van der Waals surface area contributed by atoms with Crippen molar-refractivity contribution in [3.05, 3.63) is 172 Å². The topological polar surface area (TPSA) is 94.9 Å². The number of rotatable bonds is 9. The second-order valence-electron chi connectivity index (χ2n) is 16.6. The molecular weight excluding hydrogens is 759 g/mol. The molecule has 0 saturated heterocycles. The van der Waals surface area contributed by atoms with Crippen LogP contribution >= 0.6 is 11.3 Å². The zero-order valence-electron chi connectivity index (χ0n) is 33.2. The van der Waals surface area contributed by atoms with Gasteiger partial charge in [-0.2, -0.15) is 4.31 Å². The van der Waals surface area contributed by atoms with Gasteiger partial charge in [-0.15, -0.1) is 11.3 Å². The number of benzene rings is 5. The summed E-state index contributed by atoms with van der Waals surface area (Å²) in [6.45, 7) is 4.20. The molecule has 2 N–H and O–H groups in total. The Labute approximate surface area is 346 Å². The van der Waals surface area contributed by atoms with Crippen LogP contribution in [0.2, 0.25) is 0 Å². The first-order valence-electron chi connectivity index (χ1n) is 20.3. The van der Waals surface area contributed by atoms with Crippen molar-refractivity contribution in [2.24, 2.45) is 5.41 Å². The molecule has 3 aliphatic rings. The number of thiophene rings is 1. The SMILES string of the molecule is CC1=CCC[C@@]2(C)[C@@H](CC[C@@]2(O)CN(Cc2cccc3ccccc23)S(=O)(=O)c2cccs2)c2ccc(cc2C(=O)c2ccc(-c3ccccc3)cc2)C[C@@H](O)CC1. The Morgan fingerprint density at radius 2 is 1.59 bits per heavy atom. The van der Waals surface area contributed by atoms with Gasteiger partial charge in [-0.1, -0.05) is 134 Å². The highest BCUT2D eigenvalue weighted by Gasteiger charge is 2.58. The van der Waals surface area contributed by atoms with Gasteiger partial charge in [0.1, 0.15) is 4.21 Å². The first-order valence-corrected chi connectivity index (χ1v) is 22.7. The van der Waals surface area contributed by atoms with Crippen molar-refractivity contribution in [2.75, 3.05) is 6.54 Å². The first-order chi connectivity index (χ1) is 27.9. The molecule has 1 heterocycles.